The van der Waals surface area contributed by atoms with Crippen molar-refractivity contribution in [3.8, 4) is 0 Å². The van der Waals surface area contributed by atoms with E-state index in [0.717, 1.165) is 30.7 Å². The molecule has 2 aliphatic rings. The zero-order valence-corrected chi connectivity index (χ0v) is 11.8. The van der Waals surface area contributed by atoms with Gasteiger partial charge >= 0.3 is 0 Å². The van der Waals surface area contributed by atoms with Crippen molar-refractivity contribution in [2.24, 2.45) is 0 Å². The van der Waals surface area contributed by atoms with Crippen molar-refractivity contribution in [1.82, 2.24) is 10.0 Å². The molecule has 2 saturated carbocycles. The van der Waals surface area contributed by atoms with Crippen molar-refractivity contribution in [2.45, 2.75) is 55.6 Å². The Morgan fingerprint density at radius 3 is 2.61 bits per heavy atom. The second kappa shape index (κ2) is 4.92. The molecule has 0 aliphatic heterocycles. The van der Waals surface area contributed by atoms with Gasteiger partial charge < -0.3 is 5.32 Å². The van der Waals surface area contributed by atoms with Crippen molar-refractivity contribution in [1.29, 1.82) is 0 Å². The first-order valence-electron chi connectivity index (χ1n) is 6.46. The standard InChI is InChI=1S/C12H18N2O2S2/c15-18(16,14-10-2-1-3-10)12-6-11(17-8-12)7-13-9-4-5-9/h6,8-10,13-14H,1-5,7H2. The third-order valence-electron chi connectivity index (χ3n) is 3.51. The van der Waals surface area contributed by atoms with E-state index in [0.29, 0.717) is 10.9 Å². The summed E-state index contributed by atoms with van der Waals surface area (Å²) in [5.74, 6) is 0. The lowest BCUT2D eigenvalue weighted by atomic mass is 9.94. The maximum Gasteiger partial charge on any atom is 0.241 e. The fourth-order valence-electron chi connectivity index (χ4n) is 1.94. The summed E-state index contributed by atoms with van der Waals surface area (Å²) in [5, 5.41) is 5.14. The molecule has 1 heterocycles. The maximum absolute atomic E-state index is 12.1. The van der Waals surface area contributed by atoms with Gasteiger partial charge in [-0.1, -0.05) is 6.42 Å². The lowest BCUT2D eigenvalue weighted by molar-refractivity contribution is 0.383. The summed E-state index contributed by atoms with van der Waals surface area (Å²) < 4.78 is 26.9. The van der Waals surface area contributed by atoms with Gasteiger partial charge in [-0.25, -0.2) is 13.1 Å². The Labute approximate surface area is 112 Å². The van der Waals surface area contributed by atoms with E-state index < -0.39 is 10.0 Å². The lowest BCUT2D eigenvalue weighted by Gasteiger charge is -2.25. The first-order valence-corrected chi connectivity index (χ1v) is 8.83. The fourth-order valence-corrected chi connectivity index (χ4v) is 4.47. The van der Waals surface area contributed by atoms with Crippen LogP contribution in [0.3, 0.4) is 0 Å². The summed E-state index contributed by atoms with van der Waals surface area (Å²) in [7, 11) is -3.29. The minimum absolute atomic E-state index is 0.155. The van der Waals surface area contributed by atoms with Crippen LogP contribution in [0.4, 0.5) is 0 Å². The zero-order chi connectivity index (χ0) is 12.6. The van der Waals surface area contributed by atoms with Gasteiger partial charge in [-0.3, -0.25) is 0 Å². The molecular weight excluding hydrogens is 268 g/mol. The van der Waals surface area contributed by atoms with E-state index >= 15 is 0 Å². The Bertz CT molecular complexity index is 516. The molecule has 4 nitrogen and oxygen atoms in total. The smallest absolute Gasteiger partial charge is 0.241 e. The third kappa shape index (κ3) is 2.93. The number of rotatable bonds is 6. The average molecular weight is 286 g/mol. The number of hydrogen-bond donors (Lipinski definition) is 2. The molecule has 1 aromatic heterocycles. The third-order valence-corrected chi connectivity index (χ3v) is 6.10. The molecule has 100 valence electrons. The minimum atomic E-state index is -3.29. The van der Waals surface area contributed by atoms with Crippen LogP contribution in [-0.2, 0) is 16.6 Å². The highest BCUT2D eigenvalue weighted by Crippen LogP contribution is 2.25. The molecule has 3 rings (SSSR count). The SMILES string of the molecule is O=S(=O)(NC1CCC1)c1csc(CNC2CC2)c1. The monoisotopic (exact) mass is 286 g/mol. The molecule has 2 aliphatic carbocycles. The zero-order valence-electron chi connectivity index (χ0n) is 10.2. The Kier molecular flexibility index (Phi) is 3.44. The van der Waals surface area contributed by atoms with Gasteiger partial charge in [0.1, 0.15) is 0 Å². The lowest BCUT2D eigenvalue weighted by Crippen LogP contribution is -2.39. The van der Waals surface area contributed by atoms with E-state index in [1.54, 1.807) is 11.4 Å². The largest absolute Gasteiger partial charge is 0.309 e. The molecule has 0 spiro atoms. The van der Waals surface area contributed by atoms with Gasteiger partial charge in [0.25, 0.3) is 0 Å². The van der Waals surface area contributed by atoms with Crippen molar-refractivity contribution in [2.75, 3.05) is 0 Å². The van der Waals surface area contributed by atoms with Gasteiger partial charge in [0, 0.05) is 28.9 Å². The highest BCUT2D eigenvalue weighted by molar-refractivity contribution is 7.89. The van der Waals surface area contributed by atoms with E-state index in [2.05, 4.69) is 10.0 Å². The summed E-state index contributed by atoms with van der Waals surface area (Å²) >= 11 is 1.52. The van der Waals surface area contributed by atoms with Crippen molar-refractivity contribution in [3.63, 3.8) is 0 Å². The predicted molar refractivity (Wildman–Crippen MR) is 72.1 cm³/mol. The Hall–Kier alpha value is -0.430. The second-order valence-corrected chi connectivity index (χ2v) is 7.86. The molecule has 0 saturated heterocycles. The molecule has 0 atom stereocenters. The Morgan fingerprint density at radius 2 is 2.00 bits per heavy atom. The van der Waals surface area contributed by atoms with Crippen LogP contribution in [0.5, 0.6) is 0 Å². The van der Waals surface area contributed by atoms with Crippen LogP contribution in [0.1, 0.15) is 37.0 Å². The van der Waals surface area contributed by atoms with Gasteiger partial charge in [-0.05, 0) is 31.7 Å². The molecule has 2 fully saturated rings. The molecule has 2 N–H and O–H groups in total. The first kappa shape index (κ1) is 12.6. The second-order valence-electron chi connectivity index (χ2n) is 5.15. The summed E-state index contributed by atoms with van der Waals surface area (Å²) in [5.41, 5.74) is 0. The van der Waals surface area contributed by atoms with E-state index in [9.17, 15) is 8.42 Å². The van der Waals surface area contributed by atoms with Crippen LogP contribution in [0.25, 0.3) is 0 Å². The van der Waals surface area contributed by atoms with Crippen LogP contribution < -0.4 is 10.0 Å². The fraction of sp³-hybridized carbons (Fsp3) is 0.667. The minimum Gasteiger partial charge on any atom is -0.309 e. The predicted octanol–water partition coefficient (Wildman–Crippen LogP) is 1.83. The maximum atomic E-state index is 12.1. The van der Waals surface area contributed by atoms with Crippen LogP contribution in [0, 0.1) is 0 Å². The van der Waals surface area contributed by atoms with Crippen molar-refractivity contribution >= 4 is 21.4 Å². The topological polar surface area (TPSA) is 58.2 Å². The molecule has 0 bridgehead atoms. The number of thiophene rings is 1. The molecule has 0 amide bonds. The van der Waals surface area contributed by atoms with E-state index in [1.807, 2.05) is 0 Å². The molecule has 1 aromatic rings. The number of hydrogen-bond acceptors (Lipinski definition) is 4. The summed E-state index contributed by atoms with van der Waals surface area (Å²) in [6.07, 6.45) is 5.58. The molecule has 18 heavy (non-hydrogen) atoms. The van der Waals surface area contributed by atoms with Crippen LogP contribution in [-0.4, -0.2) is 20.5 Å². The number of sulfonamides is 1. The normalized spacial score (nSPS) is 20.9. The first-order chi connectivity index (χ1) is 8.63. The number of nitrogens with one attached hydrogen (secondary N) is 2. The highest BCUT2D eigenvalue weighted by Gasteiger charge is 2.25. The molecular formula is C12H18N2O2S2. The average Bonchev–Trinajstić information content (AvgIpc) is 2.98. The van der Waals surface area contributed by atoms with Crippen LogP contribution in [0.2, 0.25) is 0 Å². The van der Waals surface area contributed by atoms with Gasteiger partial charge in [0.2, 0.25) is 10.0 Å². The van der Waals surface area contributed by atoms with Gasteiger partial charge in [-0.15, -0.1) is 11.3 Å². The molecule has 6 heteroatoms. The van der Waals surface area contributed by atoms with E-state index in [4.69, 9.17) is 0 Å². The van der Waals surface area contributed by atoms with Crippen molar-refractivity contribution in [3.05, 3.63) is 16.3 Å². The summed E-state index contributed by atoms with van der Waals surface area (Å²) in [6.45, 7) is 0.786. The highest BCUT2D eigenvalue weighted by atomic mass is 32.2. The Morgan fingerprint density at radius 1 is 1.22 bits per heavy atom. The summed E-state index contributed by atoms with van der Waals surface area (Å²) in [4.78, 5) is 1.52. The Balaban J connectivity index is 1.62. The molecule has 0 aromatic carbocycles. The van der Waals surface area contributed by atoms with E-state index in [-0.39, 0.29) is 6.04 Å². The van der Waals surface area contributed by atoms with E-state index in [1.165, 1.54) is 24.2 Å². The van der Waals surface area contributed by atoms with Crippen LogP contribution >= 0.6 is 11.3 Å². The summed E-state index contributed by atoms with van der Waals surface area (Å²) in [6, 6.07) is 2.60. The molecule has 0 unspecified atom stereocenters. The van der Waals surface area contributed by atoms with Gasteiger partial charge in [0.15, 0.2) is 0 Å². The van der Waals surface area contributed by atoms with Gasteiger partial charge in [-0.2, -0.15) is 0 Å². The van der Waals surface area contributed by atoms with Crippen molar-refractivity contribution < 1.29 is 8.42 Å². The van der Waals surface area contributed by atoms with Gasteiger partial charge in [0.05, 0.1) is 4.90 Å². The van der Waals surface area contributed by atoms with Crippen LogP contribution in [0.15, 0.2) is 16.3 Å². The molecule has 0 radical (unpaired) electrons. The quantitative estimate of drug-likeness (QED) is 0.839.